The van der Waals surface area contributed by atoms with E-state index in [1.165, 1.54) is 0 Å². The van der Waals surface area contributed by atoms with Crippen LogP contribution in [0.5, 0.6) is 0 Å². The first kappa shape index (κ1) is 19.4. The maximum atomic E-state index is 12.1. The lowest BCUT2D eigenvalue weighted by Crippen LogP contribution is -2.40. The van der Waals surface area contributed by atoms with Crippen molar-refractivity contribution in [2.75, 3.05) is 26.2 Å². The third kappa shape index (κ3) is 7.99. The van der Waals surface area contributed by atoms with Crippen molar-refractivity contribution in [1.82, 2.24) is 20.0 Å². The number of carbonyl (C=O) groups is 1. The fraction of sp³-hybridized carbons (Fsp3) is 0.750. The molecule has 0 fully saturated rings. The molecule has 0 saturated heterocycles. The molecule has 132 valence electrons. The Morgan fingerprint density at radius 1 is 1.43 bits per heavy atom. The molecule has 7 heteroatoms. The predicted octanol–water partition coefficient (Wildman–Crippen LogP) is 1.61. The lowest BCUT2D eigenvalue weighted by molar-refractivity contribution is 0.0252. The van der Waals surface area contributed by atoms with Gasteiger partial charge in [-0.2, -0.15) is 5.10 Å². The predicted molar refractivity (Wildman–Crippen MR) is 89.1 cm³/mol. The van der Waals surface area contributed by atoms with E-state index in [9.17, 15) is 4.79 Å². The second-order valence-corrected chi connectivity index (χ2v) is 6.48. The van der Waals surface area contributed by atoms with Gasteiger partial charge >= 0.3 is 6.09 Å². The van der Waals surface area contributed by atoms with Crippen LogP contribution in [0.15, 0.2) is 12.4 Å². The summed E-state index contributed by atoms with van der Waals surface area (Å²) in [7, 11) is 0. The van der Waals surface area contributed by atoms with E-state index < -0.39 is 5.60 Å². The fourth-order valence-electron chi connectivity index (χ4n) is 2.06. The molecular formula is C16H30N4O3. The lowest BCUT2D eigenvalue weighted by Gasteiger charge is -2.27. The Labute approximate surface area is 138 Å². The minimum absolute atomic E-state index is 0.0798. The zero-order valence-corrected chi connectivity index (χ0v) is 14.7. The Kier molecular flexibility index (Phi) is 8.05. The number of nitrogens with zero attached hydrogens (tertiary/aromatic N) is 3. The summed E-state index contributed by atoms with van der Waals surface area (Å²) >= 11 is 0. The van der Waals surface area contributed by atoms with Crippen molar-refractivity contribution in [2.45, 2.75) is 52.8 Å². The summed E-state index contributed by atoms with van der Waals surface area (Å²) in [6.45, 7) is 10.9. The molecule has 0 saturated carbocycles. The molecule has 0 aromatic carbocycles. The smallest absolute Gasteiger partial charge is 0.410 e. The van der Waals surface area contributed by atoms with Crippen molar-refractivity contribution >= 4 is 6.09 Å². The van der Waals surface area contributed by atoms with Gasteiger partial charge in [-0.15, -0.1) is 0 Å². The van der Waals surface area contributed by atoms with E-state index in [4.69, 9.17) is 9.84 Å². The van der Waals surface area contributed by atoms with Crippen LogP contribution in [-0.4, -0.2) is 57.7 Å². The van der Waals surface area contributed by atoms with E-state index in [2.05, 4.69) is 10.4 Å². The van der Waals surface area contributed by atoms with Gasteiger partial charge in [0.15, 0.2) is 0 Å². The van der Waals surface area contributed by atoms with Crippen LogP contribution in [0.25, 0.3) is 0 Å². The van der Waals surface area contributed by atoms with Crippen LogP contribution in [-0.2, 0) is 17.8 Å². The van der Waals surface area contributed by atoms with E-state index in [1.54, 1.807) is 15.8 Å². The summed E-state index contributed by atoms with van der Waals surface area (Å²) in [5, 5.41) is 16.3. The van der Waals surface area contributed by atoms with Crippen molar-refractivity contribution in [3.63, 3.8) is 0 Å². The molecule has 0 radical (unpaired) electrons. The molecule has 0 spiro atoms. The molecule has 0 aliphatic carbocycles. The van der Waals surface area contributed by atoms with Crippen molar-refractivity contribution in [2.24, 2.45) is 0 Å². The summed E-state index contributed by atoms with van der Waals surface area (Å²) in [6.07, 6.45) is 4.31. The van der Waals surface area contributed by atoms with Crippen molar-refractivity contribution in [3.05, 3.63) is 18.0 Å². The Balaban J connectivity index is 2.35. The number of hydrogen-bond donors (Lipinski definition) is 2. The standard InChI is InChI=1S/C16H30N4O3/c1-5-7-19(15(22)23-16(2,3)4)8-6-17-11-14-12-18-20(13-14)9-10-21/h12-13,17,21H,5-11H2,1-4H3. The zero-order valence-electron chi connectivity index (χ0n) is 14.7. The molecule has 2 N–H and O–H groups in total. The molecule has 7 nitrogen and oxygen atoms in total. The van der Waals surface area contributed by atoms with Gasteiger partial charge in [0.1, 0.15) is 5.60 Å². The average Bonchev–Trinajstić information content (AvgIpc) is 2.88. The van der Waals surface area contributed by atoms with Gasteiger partial charge in [-0.1, -0.05) is 6.92 Å². The van der Waals surface area contributed by atoms with Gasteiger partial charge in [0.2, 0.25) is 0 Å². The first-order chi connectivity index (χ1) is 10.9. The number of aromatic nitrogens is 2. The van der Waals surface area contributed by atoms with Crippen LogP contribution in [0.1, 0.15) is 39.7 Å². The first-order valence-electron chi connectivity index (χ1n) is 8.16. The molecule has 0 bridgehead atoms. The van der Waals surface area contributed by atoms with E-state index in [0.29, 0.717) is 32.7 Å². The minimum atomic E-state index is -0.474. The SMILES string of the molecule is CCCN(CCNCc1cnn(CCO)c1)C(=O)OC(C)(C)C. The summed E-state index contributed by atoms with van der Waals surface area (Å²) in [5.74, 6) is 0. The number of amides is 1. The fourth-order valence-corrected chi connectivity index (χ4v) is 2.06. The molecule has 0 aliphatic heterocycles. The minimum Gasteiger partial charge on any atom is -0.444 e. The Morgan fingerprint density at radius 2 is 2.17 bits per heavy atom. The molecule has 0 unspecified atom stereocenters. The molecule has 0 atom stereocenters. The van der Waals surface area contributed by atoms with Gasteiger partial charge in [0.25, 0.3) is 0 Å². The van der Waals surface area contributed by atoms with Crippen LogP contribution in [0, 0.1) is 0 Å². The molecule has 1 amide bonds. The second kappa shape index (κ2) is 9.52. The molecule has 1 heterocycles. The van der Waals surface area contributed by atoms with Crippen molar-refractivity contribution in [3.8, 4) is 0 Å². The largest absolute Gasteiger partial charge is 0.444 e. The number of hydrogen-bond acceptors (Lipinski definition) is 5. The van der Waals surface area contributed by atoms with Crippen LogP contribution in [0.4, 0.5) is 4.79 Å². The normalized spacial score (nSPS) is 11.5. The number of carbonyl (C=O) groups excluding carboxylic acids is 1. The zero-order chi connectivity index (χ0) is 17.3. The van der Waals surface area contributed by atoms with Gasteiger partial charge in [0, 0.05) is 37.9 Å². The monoisotopic (exact) mass is 326 g/mol. The van der Waals surface area contributed by atoms with Crippen LogP contribution < -0.4 is 5.32 Å². The quantitative estimate of drug-likeness (QED) is 0.674. The van der Waals surface area contributed by atoms with Crippen molar-refractivity contribution in [1.29, 1.82) is 0 Å². The molecule has 1 rings (SSSR count). The number of ether oxygens (including phenoxy) is 1. The van der Waals surface area contributed by atoms with Gasteiger partial charge in [-0.25, -0.2) is 4.79 Å². The number of aliphatic hydroxyl groups is 1. The van der Waals surface area contributed by atoms with Crippen molar-refractivity contribution < 1.29 is 14.6 Å². The number of rotatable bonds is 9. The summed E-state index contributed by atoms with van der Waals surface area (Å²) in [4.78, 5) is 13.9. The topological polar surface area (TPSA) is 79.6 Å². The van der Waals surface area contributed by atoms with E-state index in [-0.39, 0.29) is 12.7 Å². The molecule has 1 aromatic rings. The van der Waals surface area contributed by atoms with E-state index >= 15 is 0 Å². The van der Waals surface area contributed by atoms with E-state index in [0.717, 1.165) is 12.0 Å². The number of aliphatic hydroxyl groups excluding tert-OH is 1. The average molecular weight is 326 g/mol. The Hall–Kier alpha value is -1.60. The highest BCUT2D eigenvalue weighted by Gasteiger charge is 2.21. The highest BCUT2D eigenvalue weighted by atomic mass is 16.6. The van der Waals surface area contributed by atoms with Gasteiger partial charge in [0.05, 0.1) is 19.3 Å². The summed E-state index contributed by atoms with van der Waals surface area (Å²) in [5.41, 5.74) is 0.579. The second-order valence-electron chi connectivity index (χ2n) is 6.48. The molecule has 1 aromatic heterocycles. The highest BCUT2D eigenvalue weighted by molar-refractivity contribution is 5.68. The molecular weight excluding hydrogens is 296 g/mol. The third-order valence-electron chi connectivity index (χ3n) is 3.05. The van der Waals surface area contributed by atoms with Crippen LogP contribution >= 0.6 is 0 Å². The van der Waals surface area contributed by atoms with Gasteiger partial charge < -0.3 is 20.1 Å². The summed E-state index contributed by atoms with van der Waals surface area (Å²) < 4.78 is 7.13. The van der Waals surface area contributed by atoms with Crippen LogP contribution in [0.2, 0.25) is 0 Å². The molecule has 23 heavy (non-hydrogen) atoms. The third-order valence-corrected chi connectivity index (χ3v) is 3.05. The summed E-state index contributed by atoms with van der Waals surface area (Å²) in [6, 6.07) is 0. The Bertz CT molecular complexity index is 468. The first-order valence-corrected chi connectivity index (χ1v) is 8.16. The van der Waals surface area contributed by atoms with Gasteiger partial charge in [-0.3, -0.25) is 4.68 Å². The van der Waals surface area contributed by atoms with E-state index in [1.807, 2.05) is 33.9 Å². The Morgan fingerprint density at radius 3 is 2.78 bits per heavy atom. The maximum absolute atomic E-state index is 12.1. The number of nitrogens with one attached hydrogen (secondary N) is 1. The molecule has 0 aliphatic rings. The lowest BCUT2D eigenvalue weighted by atomic mass is 10.2. The highest BCUT2D eigenvalue weighted by Crippen LogP contribution is 2.10. The van der Waals surface area contributed by atoms with Gasteiger partial charge in [-0.05, 0) is 27.2 Å². The van der Waals surface area contributed by atoms with Crippen LogP contribution in [0.3, 0.4) is 0 Å². The maximum Gasteiger partial charge on any atom is 0.410 e.